The number of benzene rings is 2. The van der Waals surface area contributed by atoms with E-state index in [4.69, 9.17) is 0 Å². The highest BCUT2D eigenvalue weighted by Crippen LogP contribution is 2.15. The maximum absolute atomic E-state index is 12.3. The van der Waals surface area contributed by atoms with E-state index in [1.54, 1.807) is 30.5 Å². The molecule has 0 amide bonds. The Hall–Kier alpha value is -2.76. The van der Waals surface area contributed by atoms with E-state index in [2.05, 4.69) is 9.84 Å². The third kappa shape index (κ3) is 2.95. The van der Waals surface area contributed by atoms with Crippen molar-refractivity contribution in [2.45, 2.75) is 13.2 Å². The minimum atomic E-state index is -2.85. The minimum Gasteiger partial charge on any atom is -0.435 e. The Labute approximate surface area is 124 Å². The molecule has 112 valence electrons. The van der Waals surface area contributed by atoms with Crippen molar-refractivity contribution in [1.82, 2.24) is 9.78 Å². The Morgan fingerprint density at radius 3 is 2.55 bits per heavy atom. The van der Waals surface area contributed by atoms with Crippen LogP contribution in [-0.2, 0) is 6.54 Å². The van der Waals surface area contributed by atoms with Crippen molar-refractivity contribution in [2.75, 3.05) is 0 Å². The molecule has 0 N–H and O–H groups in total. The quantitative estimate of drug-likeness (QED) is 0.744. The van der Waals surface area contributed by atoms with Crippen LogP contribution in [0.25, 0.3) is 10.8 Å². The van der Waals surface area contributed by atoms with Gasteiger partial charge in [0.05, 0.1) is 18.1 Å². The zero-order chi connectivity index (χ0) is 15.5. The van der Waals surface area contributed by atoms with E-state index in [1.165, 1.54) is 16.8 Å². The van der Waals surface area contributed by atoms with Gasteiger partial charge in [-0.3, -0.25) is 4.79 Å². The van der Waals surface area contributed by atoms with Crippen molar-refractivity contribution in [2.24, 2.45) is 0 Å². The number of hydrogen-bond acceptors (Lipinski definition) is 3. The smallest absolute Gasteiger partial charge is 0.387 e. The van der Waals surface area contributed by atoms with Gasteiger partial charge in [0.25, 0.3) is 5.56 Å². The molecule has 0 saturated heterocycles. The van der Waals surface area contributed by atoms with Crippen molar-refractivity contribution in [3.05, 3.63) is 70.6 Å². The van der Waals surface area contributed by atoms with Crippen molar-refractivity contribution < 1.29 is 13.5 Å². The number of alkyl halides is 2. The Balaban J connectivity index is 1.87. The Kier molecular flexibility index (Phi) is 3.82. The van der Waals surface area contributed by atoms with Gasteiger partial charge in [0.15, 0.2) is 0 Å². The fourth-order valence-electron chi connectivity index (χ4n) is 2.19. The van der Waals surface area contributed by atoms with E-state index in [1.807, 2.05) is 12.1 Å². The SMILES string of the molecule is O=c1c2ccccc2cnn1Cc1ccc(OC(F)F)cc1. The molecule has 0 atom stereocenters. The zero-order valence-electron chi connectivity index (χ0n) is 11.4. The van der Waals surface area contributed by atoms with Gasteiger partial charge < -0.3 is 4.74 Å². The third-order valence-corrected chi connectivity index (χ3v) is 3.24. The molecule has 0 radical (unpaired) electrons. The van der Waals surface area contributed by atoms with Crippen molar-refractivity contribution in [3.63, 3.8) is 0 Å². The van der Waals surface area contributed by atoms with Crippen LogP contribution in [0.3, 0.4) is 0 Å². The van der Waals surface area contributed by atoms with E-state index >= 15 is 0 Å². The highest BCUT2D eigenvalue weighted by Gasteiger charge is 2.06. The second-order valence-corrected chi connectivity index (χ2v) is 4.72. The molecule has 4 nitrogen and oxygen atoms in total. The summed E-state index contributed by atoms with van der Waals surface area (Å²) in [6.45, 7) is -2.59. The Morgan fingerprint density at radius 1 is 1.09 bits per heavy atom. The van der Waals surface area contributed by atoms with Crippen LogP contribution in [0.4, 0.5) is 8.78 Å². The lowest BCUT2D eigenvalue weighted by Gasteiger charge is -2.08. The van der Waals surface area contributed by atoms with Gasteiger partial charge in [0, 0.05) is 5.39 Å². The van der Waals surface area contributed by atoms with E-state index in [-0.39, 0.29) is 17.9 Å². The van der Waals surface area contributed by atoms with Crippen LogP contribution in [0.5, 0.6) is 5.75 Å². The van der Waals surface area contributed by atoms with Gasteiger partial charge in [-0.15, -0.1) is 0 Å². The van der Waals surface area contributed by atoms with E-state index in [9.17, 15) is 13.6 Å². The maximum Gasteiger partial charge on any atom is 0.387 e. The van der Waals surface area contributed by atoms with Gasteiger partial charge in [-0.2, -0.15) is 13.9 Å². The first kappa shape index (κ1) is 14.2. The van der Waals surface area contributed by atoms with Crippen LogP contribution >= 0.6 is 0 Å². The molecule has 1 aromatic heterocycles. The minimum absolute atomic E-state index is 0.0811. The molecule has 0 aliphatic heterocycles. The summed E-state index contributed by atoms with van der Waals surface area (Å²) in [7, 11) is 0. The number of nitrogens with zero attached hydrogens (tertiary/aromatic N) is 2. The topological polar surface area (TPSA) is 44.1 Å². The molecule has 0 fully saturated rings. The first-order valence-electron chi connectivity index (χ1n) is 6.62. The summed E-state index contributed by atoms with van der Waals surface area (Å²) in [6, 6.07) is 13.3. The molecule has 22 heavy (non-hydrogen) atoms. The van der Waals surface area contributed by atoms with Crippen LogP contribution in [-0.4, -0.2) is 16.4 Å². The molecule has 0 aliphatic carbocycles. The molecule has 0 bridgehead atoms. The van der Waals surface area contributed by atoms with Crippen molar-refractivity contribution >= 4 is 10.8 Å². The maximum atomic E-state index is 12.3. The predicted octanol–water partition coefficient (Wildman–Crippen LogP) is 3.05. The van der Waals surface area contributed by atoms with E-state index in [0.717, 1.165) is 10.9 Å². The van der Waals surface area contributed by atoms with Gasteiger partial charge >= 0.3 is 6.61 Å². The summed E-state index contributed by atoms with van der Waals surface area (Å²) in [6.07, 6.45) is 1.63. The molecule has 0 unspecified atom stereocenters. The fourth-order valence-corrected chi connectivity index (χ4v) is 2.19. The number of fused-ring (bicyclic) bond motifs is 1. The first-order chi connectivity index (χ1) is 10.6. The van der Waals surface area contributed by atoms with Gasteiger partial charge in [0.1, 0.15) is 5.75 Å². The predicted molar refractivity (Wildman–Crippen MR) is 78.2 cm³/mol. The molecular formula is C16H12F2N2O2. The highest BCUT2D eigenvalue weighted by atomic mass is 19.3. The first-order valence-corrected chi connectivity index (χ1v) is 6.62. The number of aromatic nitrogens is 2. The Bertz CT molecular complexity index is 845. The van der Waals surface area contributed by atoms with Crippen molar-refractivity contribution in [3.8, 4) is 5.75 Å². The number of hydrogen-bond donors (Lipinski definition) is 0. The van der Waals surface area contributed by atoms with E-state index < -0.39 is 6.61 Å². The zero-order valence-corrected chi connectivity index (χ0v) is 11.4. The van der Waals surface area contributed by atoms with Crippen LogP contribution < -0.4 is 10.3 Å². The normalized spacial score (nSPS) is 11.0. The summed E-state index contributed by atoms with van der Waals surface area (Å²) in [4.78, 5) is 12.3. The largest absolute Gasteiger partial charge is 0.435 e. The molecule has 3 rings (SSSR count). The summed E-state index contributed by atoms with van der Waals surface area (Å²) < 4.78 is 29.8. The van der Waals surface area contributed by atoms with Gasteiger partial charge in [-0.25, -0.2) is 4.68 Å². The second kappa shape index (κ2) is 5.93. The van der Waals surface area contributed by atoms with Crippen LogP contribution in [0, 0.1) is 0 Å². The lowest BCUT2D eigenvalue weighted by atomic mass is 10.2. The summed E-state index contributed by atoms with van der Waals surface area (Å²) in [5.41, 5.74) is 0.581. The average Bonchev–Trinajstić information content (AvgIpc) is 2.52. The number of ether oxygens (including phenoxy) is 1. The lowest BCUT2D eigenvalue weighted by molar-refractivity contribution is -0.0498. The highest BCUT2D eigenvalue weighted by molar-refractivity contribution is 5.80. The standard InChI is InChI=1S/C16H12F2N2O2/c17-16(18)22-13-7-5-11(6-8-13)10-20-15(21)14-4-2-1-3-12(14)9-19-20/h1-9,16H,10H2. The summed E-state index contributed by atoms with van der Waals surface area (Å²) in [5, 5.41) is 5.50. The van der Waals surface area contributed by atoms with Gasteiger partial charge in [-0.1, -0.05) is 30.3 Å². The molecule has 2 aromatic carbocycles. The Morgan fingerprint density at radius 2 is 1.82 bits per heavy atom. The number of halogens is 2. The monoisotopic (exact) mass is 302 g/mol. The van der Waals surface area contributed by atoms with E-state index in [0.29, 0.717) is 5.39 Å². The molecule has 3 aromatic rings. The van der Waals surface area contributed by atoms with Crippen LogP contribution in [0.15, 0.2) is 59.5 Å². The molecular weight excluding hydrogens is 290 g/mol. The third-order valence-electron chi connectivity index (χ3n) is 3.24. The average molecular weight is 302 g/mol. The molecule has 0 saturated carbocycles. The van der Waals surface area contributed by atoms with Crippen LogP contribution in [0.1, 0.15) is 5.56 Å². The second-order valence-electron chi connectivity index (χ2n) is 4.72. The van der Waals surface area contributed by atoms with Gasteiger partial charge in [-0.05, 0) is 23.8 Å². The molecule has 6 heteroatoms. The summed E-state index contributed by atoms with van der Waals surface area (Å²) >= 11 is 0. The summed E-state index contributed by atoms with van der Waals surface area (Å²) in [5.74, 6) is 0.0811. The van der Waals surface area contributed by atoms with Crippen LogP contribution in [0.2, 0.25) is 0 Å². The fraction of sp³-hybridized carbons (Fsp3) is 0.125. The lowest BCUT2D eigenvalue weighted by Crippen LogP contribution is -2.23. The van der Waals surface area contributed by atoms with Crippen molar-refractivity contribution in [1.29, 1.82) is 0 Å². The molecule has 0 aliphatic rings. The molecule has 1 heterocycles. The van der Waals surface area contributed by atoms with Gasteiger partial charge in [0.2, 0.25) is 0 Å². The molecule has 0 spiro atoms. The number of rotatable bonds is 4.